The van der Waals surface area contributed by atoms with Crippen LogP contribution in [0.5, 0.6) is 0 Å². The molecular weight excluding hydrogens is 248 g/mol. The Morgan fingerprint density at radius 1 is 1.15 bits per heavy atom. The smallest absolute Gasteiger partial charge is 0.0669 e. The molecule has 4 nitrogen and oxygen atoms in total. The van der Waals surface area contributed by atoms with Crippen LogP contribution in [0.2, 0.25) is 0 Å². The van der Waals surface area contributed by atoms with Crippen molar-refractivity contribution in [3.05, 3.63) is 66.0 Å². The molecule has 3 rings (SSSR count). The average molecular weight is 266 g/mol. The summed E-state index contributed by atoms with van der Waals surface area (Å²) in [6.07, 6.45) is 2.63. The first-order valence-corrected chi connectivity index (χ1v) is 6.70. The van der Waals surface area contributed by atoms with E-state index in [4.69, 9.17) is 5.84 Å². The number of nitrogens with two attached hydrogens (primary N) is 1. The van der Waals surface area contributed by atoms with Crippen molar-refractivity contribution in [2.24, 2.45) is 12.9 Å². The van der Waals surface area contributed by atoms with Gasteiger partial charge in [0, 0.05) is 13.2 Å². The molecule has 0 fully saturated rings. The van der Waals surface area contributed by atoms with E-state index in [0.29, 0.717) is 0 Å². The van der Waals surface area contributed by atoms with Gasteiger partial charge < -0.3 is 0 Å². The topological polar surface area (TPSA) is 55.9 Å². The molecule has 0 amide bonds. The zero-order chi connectivity index (χ0) is 13.9. The van der Waals surface area contributed by atoms with E-state index in [9.17, 15) is 0 Å². The number of fused-ring (bicyclic) bond motifs is 1. The summed E-state index contributed by atoms with van der Waals surface area (Å²) in [4.78, 5) is 0. The van der Waals surface area contributed by atoms with Gasteiger partial charge in [-0.25, -0.2) is 0 Å². The first-order valence-electron chi connectivity index (χ1n) is 6.70. The Morgan fingerprint density at radius 3 is 2.70 bits per heavy atom. The lowest BCUT2D eigenvalue weighted by Gasteiger charge is -2.17. The minimum Gasteiger partial charge on any atom is -0.271 e. The van der Waals surface area contributed by atoms with E-state index in [2.05, 4.69) is 53.0 Å². The fourth-order valence-corrected chi connectivity index (χ4v) is 2.67. The number of hydrogen-bond acceptors (Lipinski definition) is 3. The van der Waals surface area contributed by atoms with Crippen molar-refractivity contribution in [2.75, 3.05) is 0 Å². The Hall–Kier alpha value is -2.17. The Kier molecular flexibility index (Phi) is 3.50. The Morgan fingerprint density at radius 2 is 1.95 bits per heavy atom. The maximum absolute atomic E-state index is 5.73. The SMILES string of the molecule is Cn1nccc1C(Cc1cccc2ccccc12)NN. The molecule has 0 aliphatic carbocycles. The zero-order valence-corrected chi connectivity index (χ0v) is 11.5. The monoisotopic (exact) mass is 266 g/mol. The van der Waals surface area contributed by atoms with Gasteiger partial charge in [0.05, 0.1) is 11.7 Å². The quantitative estimate of drug-likeness (QED) is 0.563. The van der Waals surface area contributed by atoms with Crippen LogP contribution < -0.4 is 11.3 Å². The van der Waals surface area contributed by atoms with Crippen LogP contribution in [0, 0.1) is 0 Å². The molecule has 0 aliphatic heterocycles. The predicted molar refractivity (Wildman–Crippen MR) is 80.9 cm³/mol. The molecule has 1 unspecified atom stereocenters. The van der Waals surface area contributed by atoms with E-state index in [1.165, 1.54) is 16.3 Å². The van der Waals surface area contributed by atoms with Gasteiger partial charge in [-0.3, -0.25) is 16.0 Å². The van der Waals surface area contributed by atoms with Crippen LogP contribution in [0.15, 0.2) is 54.7 Å². The number of benzene rings is 2. The van der Waals surface area contributed by atoms with Gasteiger partial charge in [-0.05, 0) is 28.8 Å². The van der Waals surface area contributed by atoms with Gasteiger partial charge in [-0.15, -0.1) is 0 Å². The summed E-state index contributed by atoms with van der Waals surface area (Å²) in [5.41, 5.74) is 5.27. The summed E-state index contributed by atoms with van der Waals surface area (Å²) in [5.74, 6) is 5.73. The van der Waals surface area contributed by atoms with E-state index in [1.54, 1.807) is 6.20 Å². The third-order valence-electron chi connectivity index (χ3n) is 3.72. The highest BCUT2D eigenvalue weighted by Gasteiger charge is 2.15. The molecule has 2 aromatic carbocycles. The lowest BCUT2D eigenvalue weighted by Crippen LogP contribution is -2.31. The Bertz CT molecular complexity index is 712. The molecule has 0 saturated heterocycles. The van der Waals surface area contributed by atoms with Crippen molar-refractivity contribution in [2.45, 2.75) is 12.5 Å². The van der Waals surface area contributed by atoms with E-state index in [-0.39, 0.29) is 6.04 Å². The van der Waals surface area contributed by atoms with Crippen LogP contribution in [0.1, 0.15) is 17.3 Å². The van der Waals surface area contributed by atoms with Crippen LogP contribution in [0.4, 0.5) is 0 Å². The summed E-state index contributed by atoms with van der Waals surface area (Å²) in [6.45, 7) is 0. The maximum Gasteiger partial charge on any atom is 0.0669 e. The lowest BCUT2D eigenvalue weighted by molar-refractivity contribution is 0.509. The van der Waals surface area contributed by atoms with Crippen molar-refractivity contribution < 1.29 is 0 Å². The van der Waals surface area contributed by atoms with Gasteiger partial charge in [-0.2, -0.15) is 5.10 Å². The van der Waals surface area contributed by atoms with Crippen LogP contribution >= 0.6 is 0 Å². The zero-order valence-electron chi connectivity index (χ0n) is 11.5. The molecule has 20 heavy (non-hydrogen) atoms. The molecule has 3 N–H and O–H groups in total. The standard InChI is InChI=1S/C16H18N4/c1-20-16(9-10-18-20)15(19-17)11-13-7-4-6-12-5-2-3-8-14(12)13/h2-10,15,19H,11,17H2,1H3. The highest BCUT2D eigenvalue weighted by atomic mass is 15.3. The van der Waals surface area contributed by atoms with Gasteiger partial charge in [0.1, 0.15) is 0 Å². The second kappa shape index (κ2) is 5.45. The van der Waals surface area contributed by atoms with Crippen molar-refractivity contribution in [1.29, 1.82) is 0 Å². The van der Waals surface area contributed by atoms with Gasteiger partial charge in [0.25, 0.3) is 0 Å². The van der Waals surface area contributed by atoms with Gasteiger partial charge in [0.2, 0.25) is 0 Å². The lowest BCUT2D eigenvalue weighted by atomic mass is 9.97. The van der Waals surface area contributed by atoms with Crippen LogP contribution in [-0.4, -0.2) is 9.78 Å². The first kappa shape index (κ1) is 12.8. The molecule has 0 bridgehead atoms. The molecule has 0 aliphatic rings. The first-order chi connectivity index (χ1) is 9.79. The number of hydrogen-bond donors (Lipinski definition) is 2. The summed E-state index contributed by atoms with van der Waals surface area (Å²) >= 11 is 0. The van der Waals surface area contributed by atoms with Crippen LogP contribution in [0.3, 0.4) is 0 Å². The van der Waals surface area contributed by atoms with Crippen molar-refractivity contribution in [3.8, 4) is 0 Å². The van der Waals surface area contributed by atoms with Crippen LogP contribution in [-0.2, 0) is 13.5 Å². The van der Waals surface area contributed by atoms with Gasteiger partial charge in [-0.1, -0.05) is 42.5 Å². The second-order valence-corrected chi connectivity index (χ2v) is 4.94. The average Bonchev–Trinajstić information content (AvgIpc) is 2.91. The van der Waals surface area contributed by atoms with Gasteiger partial charge >= 0.3 is 0 Å². The van der Waals surface area contributed by atoms with Crippen molar-refractivity contribution >= 4 is 10.8 Å². The normalized spacial score (nSPS) is 12.7. The summed E-state index contributed by atoms with van der Waals surface area (Å²) < 4.78 is 1.86. The summed E-state index contributed by atoms with van der Waals surface area (Å²) in [6, 6.07) is 16.8. The molecule has 1 aromatic heterocycles. The molecule has 4 heteroatoms. The minimum atomic E-state index is 0.0494. The maximum atomic E-state index is 5.73. The number of aryl methyl sites for hydroxylation is 1. The minimum absolute atomic E-state index is 0.0494. The highest BCUT2D eigenvalue weighted by molar-refractivity contribution is 5.85. The van der Waals surface area contributed by atoms with E-state index >= 15 is 0 Å². The third-order valence-corrected chi connectivity index (χ3v) is 3.72. The highest BCUT2D eigenvalue weighted by Crippen LogP contribution is 2.23. The molecular formula is C16H18N4. The van der Waals surface area contributed by atoms with E-state index < -0.39 is 0 Å². The predicted octanol–water partition coefficient (Wildman–Crippen LogP) is 2.32. The Balaban J connectivity index is 1.98. The molecule has 1 atom stereocenters. The van der Waals surface area contributed by atoms with Gasteiger partial charge in [0.15, 0.2) is 0 Å². The van der Waals surface area contributed by atoms with E-state index in [1.807, 2.05) is 17.8 Å². The number of rotatable bonds is 4. The molecule has 102 valence electrons. The van der Waals surface area contributed by atoms with Crippen molar-refractivity contribution in [3.63, 3.8) is 0 Å². The second-order valence-electron chi connectivity index (χ2n) is 4.94. The molecule has 0 saturated carbocycles. The molecule has 0 spiro atoms. The molecule has 3 aromatic rings. The fourth-order valence-electron chi connectivity index (χ4n) is 2.67. The number of nitrogens with one attached hydrogen (secondary N) is 1. The molecule has 1 heterocycles. The summed E-state index contributed by atoms with van der Waals surface area (Å²) in [7, 11) is 1.93. The third kappa shape index (κ3) is 2.31. The van der Waals surface area contributed by atoms with Crippen LogP contribution in [0.25, 0.3) is 10.8 Å². The summed E-state index contributed by atoms with van der Waals surface area (Å²) in [5, 5.41) is 6.74. The number of nitrogens with zero attached hydrogens (tertiary/aromatic N) is 2. The largest absolute Gasteiger partial charge is 0.271 e. The fraction of sp³-hybridized carbons (Fsp3) is 0.188. The number of aromatic nitrogens is 2. The Labute approximate surface area is 118 Å². The molecule has 0 radical (unpaired) electrons. The van der Waals surface area contributed by atoms with Crippen molar-refractivity contribution in [1.82, 2.24) is 15.2 Å². The number of hydrazine groups is 1. The van der Waals surface area contributed by atoms with E-state index in [0.717, 1.165) is 12.1 Å².